The molecule has 136 valence electrons. The second kappa shape index (κ2) is 6.83. The summed E-state index contributed by atoms with van der Waals surface area (Å²) in [5, 5.41) is 0.628. The molecule has 0 atom stereocenters. The van der Waals surface area contributed by atoms with E-state index in [1.807, 2.05) is 0 Å². The van der Waals surface area contributed by atoms with Gasteiger partial charge in [0.25, 0.3) is 10.0 Å². The second-order valence-corrected chi connectivity index (χ2v) is 7.04. The van der Waals surface area contributed by atoms with E-state index in [0.717, 1.165) is 0 Å². The van der Waals surface area contributed by atoms with Gasteiger partial charge in [-0.25, -0.2) is 8.42 Å². The summed E-state index contributed by atoms with van der Waals surface area (Å²) in [4.78, 5) is 4.05. The third-order valence-corrected chi connectivity index (χ3v) is 4.81. The number of pyridine rings is 1. The Morgan fingerprint density at radius 3 is 2.42 bits per heavy atom. The van der Waals surface area contributed by atoms with Crippen molar-refractivity contribution in [3.05, 3.63) is 60.8 Å². The van der Waals surface area contributed by atoms with E-state index in [0.29, 0.717) is 16.6 Å². The van der Waals surface area contributed by atoms with Crippen LogP contribution in [0, 0.1) is 0 Å². The molecule has 3 aromatic rings. The summed E-state index contributed by atoms with van der Waals surface area (Å²) in [7, 11) is -3.92. The Morgan fingerprint density at radius 2 is 1.73 bits per heavy atom. The Balaban J connectivity index is 1.82. The quantitative estimate of drug-likeness (QED) is 0.725. The minimum atomic E-state index is -4.46. The van der Waals surface area contributed by atoms with Gasteiger partial charge >= 0.3 is 6.18 Å². The normalized spacial score (nSPS) is 12.1. The monoisotopic (exact) mass is 382 g/mol. The lowest BCUT2D eigenvalue weighted by atomic mass is 10.2. The Bertz CT molecular complexity index is 1010. The van der Waals surface area contributed by atoms with E-state index in [2.05, 4.69) is 14.4 Å². The molecule has 5 nitrogen and oxygen atoms in total. The molecule has 0 unspecified atom stereocenters. The molecule has 0 saturated carbocycles. The number of nitrogens with zero attached hydrogens (tertiary/aromatic N) is 1. The highest BCUT2D eigenvalue weighted by Gasteiger charge is 2.28. The smallest absolute Gasteiger partial charge is 0.422 e. The van der Waals surface area contributed by atoms with Crippen molar-refractivity contribution in [2.24, 2.45) is 0 Å². The molecule has 1 N–H and O–H groups in total. The molecule has 1 aromatic heterocycles. The van der Waals surface area contributed by atoms with E-state index >= 15 is 0 Å². The van der Waals surface area contributed by atoms with Crippen LogP contribution in [0.25, 0.3) is 10.9 Å². The third kappa shape index (κ3) is 4.23. The van der Waals surface area contributed by atoms with Crippen molar-refractivity contribution in [2.45, 2.75) is 11.1 Å². The number of aromatic nitrogens is 1. The van der Waals surface area contributed by atoms with Crippen LogP contribution in [0.2, 0.25) is 0 Å². The van der Waals surface area contributed by atoms with Crippen molar-refractivity contribution in [1.29, 1.82) is 0 Å². The maximum atomic E-state index is 12.5. The van der Waals surface area contributed by atoms with E-state index in [1.165, 1.54) is 24.3 Å². The van der Waals surface area contributed by atoms with Gasteiger partial charge in [-0.3, -0.25) is 9.71 Å². The molecule has 0 fully saturated rings. The van der Waals surface area contributed by atoms with Crippen molar-refractivity contribution in [3.8, 4) is 5.75 Å². The second-order valence-electron chi connectivity index (χ2n) is 5.36. The Labute approximate surface area is 147 Å². The summed E-state index contributed by atoms with van der Waals surface area (Å²) in [5.74, 6) is -0.0735. The number of ether oxygens (including phenoxy) is 1. The van der Waals surface area contributed by atoms with Crippen LogP contribution < -0.4 is 9.46 Å². The first kappa shape index (κ1) is 18.0. The molecule has 0 aliphatic rings. The molecule has 9 heteroatoms. The lowest BCUT2D eigenvalue weighted by molar-refractivity contribution is -0.153. The first-order valence-electron chi connectivity index (χ1n) is 7.41. The van der Waals surface area contributed by atoms with E-state index in [1.54, 1.807) is 36.5 Å². The van der Waals surface area contributed by atoms with Crippen molar-refractivity contribution in [1.82, 2.24) is 4.98 Å². The summed E-state index contributed by atoms with van der Waals surface area (Å²) in [5.41, 5.74) is 0.983. The molecule has 3 rings (SSSR count). The van der Waals surface area contributed by atoms with Crippen LogP contribution in [0.1, 0.15) is 0 Å². The predicted molar refractivity (Wildman–Crippen MR) is 90.5 cm³/mol. The lowest BCUT2D eigenvalue weighted by Crippen LogP contribution is -2.19. The first-order valence-corrected chi connectivity index (χ1v) is 8.89. The maximum absolute atomic E-state index is 12.5. The van der Waals surface area contributed by atoms with E-state index in [4.69, 9.17) is 0 Å². The Kier molecular flexibility index (Phi) is 4.73. The van der Waals surface area contributed by atoms with Crippen LogP contribution in [0.15, 0.2) is 65.7 Å². The number of hydrogen-bond donors (Lipinski definition) is 1. The highest BCUT2D eigenvalue weighted by atomic mass is 32.2. The van der Waals surface area contributed by atoms with Crippen LogP contribution in [0.4, 0.5) is 18.9 Å². The number of fused-ring (bicyclic) bond motifs is 1. The average Bonchev–Trinajstić information content (AvgIpc) is 2.60. The summed E-state index contributed by atoms with van der Waals surface area (Å²) >= 11 is 0. The molecule has 0 radical (unpaired) electrons. The van der Waals surface area contributed by atoms with Gasteiger partial charge in [-0.1, -0.05) is 6.07 Å². The van der Waals surface area contributed by atoms with Crippen molar-refractivity contribution in [2.75, 3.05) is 11.3 Å². The molecular formula is C17H13F3N2O3S. The molecule has 0 spiro atoms. The minimum absolute atomic E-state index is 0.0735. The van der Waals surface area contributed by atoms with Crippen LogP contribution in [0.3, 0.4) is 0 Å². The number of nitrogens with one attached hydrogen (secondary N) is 1. The number of halogens is 3. The van der Waals surface area contributed by atoms with Crippen LogP contribution in [-0.4, -0.2) is 26.2 Å². The van der Waals surface area contributed by atoms with Gasteiger partial charge in [0.05, 0.1) is 16.1 Å². The average molecular weight is 382 g/mol. The molecule has 2 aromatic carbocycles. The summed E-state index contributed by atoms with van der Waals surface area (Å²) in [6.45, 7) is -1.44. The number of alkyl halides is 3. The zero-order chi connectivity index (χ0) is 18.8. The van der Waals surface area contributed by atoms with Crippen molar-refractivity contribution in [3.63, 3.8) is 0 Å². The number of sulfonamides is 1. The van der Waals surface area contributed by atoms with Gasteiger partial charge in [-0.15, -0.1) is 0 Å². The fourth-order valence-electron chi connectivity index (χ4n) is 2.28. The van der Waals surface area contributed by atoms with Crippen LogP contribution in [-0.2, 0) is 10.0 Å². The minimum Gasteiger partial charge on any atom is -0.484 e. The van der Waals surface area contributed by atoms with Crippen molar-refractivity contribution < 1.29 is 26.3 Å². The largest absolute Gasteiger partial charge is 0.484 e. The van der Waals surface area contributed by atoms with Crippen molar-refractivity contribution >= 4 is 26.6 Å². The lowest BCUT2D eigenvalue weighted by Gasteiger charge is -2.12. The number of hydrogen-bond acceptors (Lipinski definition) is 4. The molecular weight excluding hydrogens is 369 g/mol. The third-order valence-electron chi connectivity index (χ3n) is 3.43. The maximum Gasteiger partial charge on any atom is 0.422 e. The fraction of sp³-hybridized carbons (Fsp3) is 0.118. The summed E-state index contributed by atoms with van der Waals surface area (Å²) < 4.78 is 68.5. The SMILES string of the molecule is O=S(=O)(Nc1cccc2ncccc12)c1ccc(OCC(F)(F)F)cc1. The standard InChI is InChI=1S/C17H13F3N2O3S/c18-17(19,20)11-25-12-6-8-13(9-7-12)26(23,24)22-16-5-1-4-15-14(16)3-2-10-21-15/h1-10,22H,11H2. The number of anilines is 1. The predicted octanol–water partition coefficient (Wildman–Crippen LogP) is 3.98. The molecule has 0 bridgehead atoms. The van der Waals surface area contributed by atoms with E-state index < -0.39 is 22.8 Å². The van der Waals surface area contributed by atoms with Crippen LogP contribution >= 0.6 is 0 Å². The van der Waals surface area contributed by atoms with Gasteiger partial charge in [0, 0.05) is 11.6 Å². The van der Waals surface area contributed by atoms with E-state index in [-0.39, 0.29) is 10.6 Å². The van der Waals surface area contributed by atoms with Gasteiger partial charge < -0.3 is 4.74 Å². The van der Waals surface area contributed by atoms with Gasteiger partial charge in [-0.2, -0.15) is 13.2 Å². The topological polar surface area (TPSA) is 68.3 Å². The zero-order valence-electron chi connectivity index (χ0n) is 13.2. The first-order chi connectivity index (χ1) is 12.2. The molecule has 0 aliphatic heterocycles. The van der Waals surface area contributed by atoms with Crippen LogP contribution in [0.5, 0.6) is 5.75 Å². The molecule has 0 aliphatic carbocycles. The van der Waals surface area contributed by atoms with Gasteiger partial charge in [-0.05, 0) is 48.5 Å². The van der Waals surface area contributed by atoms with Gasteiger partial charge in [0.1, 0.15) is 5.75 Å². The molecule has 1 heterocycles. The highest BCUT2D eigenvalue weighted by Crippen LogP contribution is 2.25. The van der Waals surface area contributed by atoms with E-state index in [9.17, 15) is 21.6 Å². The molecule has 0 amide bonds. The van der Waals surface area contributed by atoms with Gasteiger partial charge in [0.15, 0.2) is 6.61 Å². The van der Waals surface area contributed by atoms with Gasteiger partial charge in [0.2, 0.25) is 0 Å². The zero-order valence-corrected chi connectivity index (χ0v) is 14.0. The number of rotatable bonds is 5. The Morgan fingerprint density at radius 1 is 1.00 bits per heavy atom. The fourth-order valence-corrected chi connectivity index (χ4v) is 3.36. The number of benzene rings is 2. The summed E-state index contributed by atoms with van der Waals surface area (Å²) in [6.07, 6.45) is -2.87. The molecule has 0 saturated heterocycles. The summed E-state index contributed by atoms with van der Waals surface area (Å²) in [6, 6.07) is 13.1. The Hall–Kier alpha value is -2.81. The molecule has 26 heavy (non-hydrogen) atoms. The highest BCUT2D eigenvalue weighted by molar-refractivity contribution is 7.92.